The number of carboxylic acids is 1. The number of methoxy groups -OCH3 is 1. The van der Waals surface area contributed by atoms with Crippen molar-refractivity contribution in [3.8, 4) is 0 Å². The van der Waals surface area contributed by atoms with E-state index in [1.165, 1.54) is 5.57 Å². The molecule has 0 saturated heterocycles. The highest BCUT2D eigenvalue weighted by molar-refractivity contribution is 5.94. The first-order valence-corrected chi connectivity index (χ1v) is 12.1. The van der Waals surface area contributed by atoms with Gasteiger partial charge in [-0.15, -0.1) is 0 Å². The van der Waals surface area contributed by atoms with E-state index < -0.39 is 5.97 Å². The molecule has 0 saturated carbocycles. The summed E-state index contributed by atoms with van der Waals surface area (Å²) in [7, 11) is 3.44. The lowest BCUT2D eigenvalue weighted by molar-refractivity contribution is 0.0696. The second kappa shape index (κ2) is 14.1. The van der Waals surface area contributed by atoms with Crippen LogP contribution in [0.1, 0.15) is 61.2 Å². The van der Waals surface area contributed by atoms with Crippen molar-refractivity contribution in [1.82, 2.24) is 4.90 Å². The number of hydrogen-bond donors (Lipinski definition) is 1. The van der Waals surface area contributed by atoms with Gasteiger partial charge in [0.05, 0.1) is 37.3 Å². The topological polar surface area (TPSA) is 79.3 Å². The van der Waals surface area contributed by atoms with Crippen molar-refractivity contribution >= 4 is 17.7 Å². The number of carbonyl (C=O) groups excluding carboxylic acids is 1. The molecule has 1 N–H and O–H groups in total. The number of amides is 2. The van der Waals surface area contributed by atoms with Crippen molar-refractivity contribution < 1.29 is 24.2 Å². The molecule has 0 spiro atoms. The maximum Gasteiger partial charge on any atom is 0.335 e. The lowest BCUT2D eigenvalue weighted by atomic mass is 10.0. The van der Waals surface area contributed by atoms with Gasteiger partial charge in [-0.2, -0.15) is 0 Å². The summed E-state index contributed by atoms with van der Waals surface area (Å²) < 4.78 is 10.6. The maximum absolute atomic E-state index is 12.8. The zero-order valence-corrected chi connectivity index (χ0v) is 22.2. The Morgan fingerprint density at radius 2 is 1.75 bits per heavy atom. The number of hydrogen-bond acceptors (Lipinski definition) is 4. The van der Waals surface area contributed by atoms with E-state index in [9.17, 15) is 9.59 Å². The van der Waals surface area contributed by atoms with Crippen molar-refractivity contribution in [2.24, 2.45) is 0 Å². The van der Waals surface area contributed by atoms with Crippen LogP contribution in [0.3, 0.4) is 0 Å². The smallest absolute Gasteiger partial charge is 0.335 e. The van der Waals surface area contributed by atoms with Crippen molar-refractivity contribution in [3.63, 3.8) is 0 Å². The molecule has 1 aliphatic heterocycles. The van der Waals surface area contributed by atoms with E-state index in [0.29, 0.717) is 26.3 Å². The fourth-order valence-corrected chi connectivity index (χ4v) is 3.67. The molecule has 0 bridgehead atoms. The fourth-order valence-electron chi connectivity index (χ4n) is 3.67. The summed E-state index contributed by atoms with van der Waals surface area (Å²) in [5, 5.41) is 9.04. The van der Waals surface area contributed by atoms with E-state index in [4.69, 9.17) is 14.6 Å². The van der Waals surface area contributed by atoms with Crippen LogP contribution in [0.15, 0.2) is 65.9 Å². The van der Waals surface area contributed by atoms with Gasteiger partial charge in [-0.1, -0.05) is 37.3 Å². The first kappa shape index (κ1) is 28.7. The number of nitrogens with zero attached hydrogens (tertiary/aromatic N) is 2. The molecule has 2 aromatic carbocycles. The van der Waals surface area contributed by atoms with Crippen LogP contribution < -0.4 is 4.90 Å². The lowest BCUT2D eigenvalue weighted by Gasteiger charge is -2.35. The number of benzene rings is 2. The molecule has 2 amide bonds. The maximum atomic E-state index is 12.8. The zero-order chi connectivity index (χ0) is 26.7. The van der Waals surface area contributed by atoms with Gasteiger partial charge in [0, 0.05) is 20.1 Å². The Morgan fingerprint density at radius 1 is 1.08 bits per heavy atom. The number of carbonyl (C=O) groups is 2. The Balaban J connectivity index is 0.000000678. The number of carboxylic acid groups (broad SMARTS) is 1. The van der Waals surface area contributed by atoms with Crippen molar-refractivity contribution in [1.29, 1.82) is 0 Å². The van der Waals surface area contributed by atoms with E-state index in [1.54, 1.807) is 48.2 Å². The second-order valence-corrected chi connectivity index (χ2v) is 8.56. The molecule has 1 heterocycles. The van der Waals surface area contributed by atoms with Gasteiger partial charge in [-0.3, -0.25) is 4.90 Å². The van der Waals surface area contributed by atoms with Gasteiger partial charge in [-0.05, 0) is 73.7 Å². The third kappa shape index (κ3) is 7.99. The molecule has 2 aromatic rings. The van der Waals surface area contributed by atoms with Crippen molar-refractivity contribution in [2.45, 2.75) is 53.8 Å². The highest BCUT2D eigenvalue weighted by atomic mass is 16.5. The standard InChI is InChI=1S/C24H28N2O4.C5H10O/c1-4-17(5-2)15-30-16-19-8-11-22-21(12-19)14-26(24(29)25(22)3)13-18-6-9-20(10-7-18)23(27)28;1-4-5(2)6-3/h4,6-12H,5,13-16H2,1-3H3,(H,27,28);4H,1-3H3/b17-4+;5-4+. The van der Waals surface area contributed by atoms with Crippen LogP contribution in [-0.2, 0) is 29.2 Å². The molecular weight excluding hydrogens is 456 g/mol. The number of fused-ring (bicyclic) bond motifs is 1. The summed E-state index contributed by atoms with van der Waals surface area (Å²) >= 11 is 0. The second-order valence-electron chi connectivity index (χ2n) is 8.56. The summed E-state index contributed by atoms with van der Waals surface area (Å²) in [4.78, 5) is 27.2. The van der Waals surface area contributed by atoms with Gasteiger partial charge < -0.3 is 19.5 Å². The van der Waals surface area contributed by atoms with Gasteiger partial charge in [-0.25, -0.2) is 9.59 Å². The van der Waals surface area contributed by atoms with Gasteiger partial charge in [0.1, 0.15) is 0 Å². The van der Waals surface area contributed by atoms with E-state index in [1.807, 2.05) is 39.0 Å². The van der Waals surface area contributed by atoms with E-state index in [0.717, 1.165) is 34.6 Å². The monoisotopic (exact) mass is 494 g/mol. The Bertz CT molecular complexity index is 1090. The van der Waals surface area contributed by atoms with Gasteiger partial charge in [0.15, 0.2) is 0 Å². The molecule has 3 rings (SSSR count). The average Bonchev–Trinajstić information content (AvgIpc) is 2.89. The summed E-state index contributed by atoms with van der Waals surface area (Å²) in [5.74, 6) is 0.00879. The molecule has 0 aliphatic carbocycles. The molecule has 0 unspecified atom stereocenters. The average molecular weight is 495 g/mol. The highest BCUT2D eigenvalue weighted by Crippen LogP contribution is 2.29. The largest absolute Gasteiger partial charge is 0.502 e. The van der Waals surface area contributed by atoms with Crippen LogP contribution in [0.4, 0.5) is 10.5 Å². The third-order valence-electron chi connectivity index (χ3n) is 6.15. The number of urea groups is 1. The molecule has 0 fully saturated rings. The molecule has 194 valence electrons. The normalized spacial score (nSPS) is 13.7. The van der Waals surface area contributed by atoms with E-state index in [2.05, 4.69) is 19.1 Å². The molecular formula is C29H38N2O5. The van der Waals surface area contributed by atoms with Crippen LogP contribution in [0, 0.1) is 0 Å². The van der Waals surface area contributed by atoms with Gasteiger partial charge in [0.25, 0.3) is 0 Å². The Kier molecular flexibility index (Phi) is 11.2. The molecule has 0 atom stereocenters. The molecule has 0 radical (unpaired) electrons. The first-order valence-electron chi connectivity index (χ1n) is 12.1. The third-order valence-corrected chi connectivity index (χ3v) is 6.15. The number of anilines is 1. The highest BCUT2D eigenvalue weighted by Gasteiger charge is 2.27. The summed E-state index contributed by atoms with van der Waals surface area (Å²) in [6, 6.07) is 12.6. The molecule has 7 heteroatoms. The lowest BCUT2D eigenvalue weighted by Crippen LogP contribution is -2.44. The predicted octanol–water partition coefficient (Wildman–Crippen LogP) is 6.39. The molecule has 7 nitrogen and oxygen atoms in total. The minimum Gasteiger partial charge on any atom is -0.502 e. The van der Waals surface area contributed by atoms with Crippen LogP contribution in [0.5, 0.6) is 0 Å². The summed E-state index contributed by atoms with van der Waals surface area (Å²) in [6.07, 6.45) is 4.99. The molecule has 1 aliphatic rings. The van der Waals surface area contributed by atoms with E-state index >= 15 is 0 Å². The number of aromatic carboxylic acids is 1. The predicted molar refractivity (Wildman–Crippen MR) is 143 cm³/mol. The van der Waals surface area contributed by atoms with Crippen LogP contribution >= 0.6 is 0 Å². The Morgan fingerprint density at radius 3 is 2.28 bits per heavy atom. The Labute approximate surface area is 214 Å². The first-order chi connectivity index (χ1) is 17.2. The van der Waals surface area contributed by atoms with Gasteiger partial charge >= 0.3 is 12.0 Å². The van der Waals surface area contributed by atoms with Crippen molar-refractivity contribution in [3.05, 3.63) is 88.2 Å². The van der Waals surface area contributed by atoms with E-state index in [-0.39, 0.29) is 11.6 Å². The summed E-state index contributed by atoms with van der Waals surface area (Å²) in [6.45, 7) is 10.1. The quantitative estimate of drug-likeness (QED) is 0.323. The van der Waals surface area contributed by atoms with Crippen LogP contribution in [0.25, 0.3) is 0 Å². The minimum absolute atomic E-state index is 0.0746. The van der Waals surface area contributed by atoms with Crippen LogP contribution in [-0.4, -0.2) is 42.8 Å². The SMILES string of the molecule is C/C=C(\C)OC.C/C=C(\CC)COCc1ccc2c(c1)CN(Cc1ccc(C(=O)O)cc1)C(=O)N2C. The van der Waals surface area contributed by atoms with Crippen LogP contribution in [0.2, 0.25) is 0 Å². The number of ether oxygens (including phenoxy) is 2. The minimum atomic E-state index is -0.959. The Hall–Kier alpha value is -3.58. The number of allylic oxidation sites excluding steroid dienone is 3. The molecule has 36 heavy (non-hydrogen) atoms. The molecule has 0 aromatic heterocycles. The van der Waals surface area contributed by atoms with Gasteiger partial charge in [0.2, 0.25) is 0 Å². The summed E-state index contributed by atoms with van der Waals surface area (Å²) in [5.41, 5.74) is 5.46. The fraction of sp³-hybridized carbons (Fsp3) is 0.379. The number of rotatable bonds is 9. The van der Waals surface area contributed by atoms with Crippen molar-refractivity contribution in [2.75, 3.05) is 25.7 Å². The zero-order valence-electron chi connectivity index (χ0n) is 22.2.